The van der Waals surface area contributed by atoms with E-state index in [0.29, 0.717) is 31.6 Å². The number of fused-ring (bicyclic) bond motifs is 5. The van der Waals surface area contributed by atoms with E-state index in [2.05, 4.69) is 20.8 Å². The molecule has 9 atom stereocenters. The smallest absolute Gasteiger partial charge is 0.306 e. The van der Waals surface area contributed by atoms with Crippen molar-refractivity contribution in [3.05, 3.63) is 0 Å². The largest absolute Gasteiger partial charge is 0.459 e. The first-order valence-corrected chi connectivity index (χ1v) is 20.6. The second-order valence-corrected chi connectivity index (χ2v) is 17.2. The van der Waals surface area contributed by atoms with Crippen molar-refractivity contribution < 1.29 is 38.4 Å². The van der Waals surface area contributed by atoms with Crippen molar-refractivity contribution in [3.8, 4) is 0 Å². The van der Waals surface area contributed by atoms with Crippen LogP contribution in [0.5, 0.6) is 0 Å². The van der Waals surface area contributed by atoms with Crippen LogP contribution in [0.15, 0.2) is 0 Å². The molecule has 2 heterocycles. The van der Waals surface area contributed by atoms with Crippen molar-refractivity contribution in [1.29, 1.82) is 0 Å². The summed E-state index contributed by atoms with van der Waals surface area (Å²) < 4.78 is 25.1. The number of rotatable bonds is 20. The lowest BCUT2D eigenvalue weighted by atomic mass is 9.57. The Bertz CT molecular complexity index is 1060. The summed E-state index contributed by atoms with van der Waals surface area (Å²) in [4.78, 5) is 38.1. The number of carbonyl (C=O) groups excluding carboxylic acids is 3. The summed E-state index contributed by atoms with van der Waals surface area (Å²) in [7, 11) is 0. The van der Waals surface area contributed by atoms with Gasteiger partial charge in [0.25, 0.3) is 0 Å². The first-order chi connectivity index (χ1) is 23.6. The third-order valence-corrected chi connectivity index (χ3v) is 12.3. The summed E-state index contributed by atoms with van der Waals surface area (Å²) in [5.41, 5.74) is -3.20. The van der Waals surface area contributed by atoms with E-state index >= 15 is 0 Å². The van der Waals surface area contributed by atoms with Crippen molar-refractivity contribution in [1.82, 2.24) is 0 Å². The SMILES string of the molecule is CCCCCCCCCCCCCCCCCC(=O)O[C@@H]1CC[C@](C)(OC(C)=O)[C@@H]2O[C@H](C[C@@]1(C)O)[C@H]1[C@@H]2[C@H](C(C)C)CC[C@]1(C)OC(C)=O. The van der Waals surface area contributed by atoms with E-state index in [1.54, 1.807) is 6.92 Å². The molecule has 3 aliphatic rings. The summed E-state index contributed by atoms with van der Waals surface area (Å²) in [6.45, 7) is 15.2. The monoisotopic (exact) mass is 707 g/mol. The molecular weight excluding hydrogens is 632 g/mol. The topological polar surface area (TPSA) is 108 Å². The molecule has 0 unspecified atom stereocenters. The molecule has 0 aromatic heterocycles. The van der Waals surface area contributed by atoms with Crippen LogP contribution in [0.4, 0.5) is 0 Å². The predicted octanol–water partition coefficient (Wildman–Crippen LogP) is 9.80. The van der Waals surface area contributed by atoms with Crippen LogP contribution in [0.3, 0.4) is 0 Å². The number of hydrogen-bond acceptors (Lipinski definition) is 8. The van der Waals surface area contributed by atoms with Crippen LogP contribution in [-0.4, -0.2) is 58.1 Å². The first-order valence-electron chi connectivity index (χ1n) is 20.6. The Morgan fingerprint density at radius 1 is 0.740 bits per heavy atom. The fraction of sp³-hybridized carbons (Fsp3) is 0.929. The summed E-state index contributed by atoms with van der Waals surface area (Å²) in [6.07, 6.45) is 20.0. The normalized spacial score (nSPS) is 34.0. The second-order valence-electron chi connectivity index (χ2n) is 17.2. The molecule has 3 fully saturated rings. The van der Waals surface area contributed by atoms with E-state index in [1.165, 1.54) is 90.9 Å². The number of esters is 3. The maximum absolute atomic E-state index is 13.2. The zero-order chi connectivity index (χ0) is 37.0. The first kappa shape index (κ1) is 42.7. The molecule has 2 bridgehead atoms. The Balaban J connectivity index is 1.57. The van der Waals surface area contributed by atoms with Gasteiger partial charge in [-0.25, -0.2) is 0 Å². The van der Waals surface area contributed by atoms with Crippen LogP contribution < -0.4 is 0 Å². The maximum Gasteiger partial charge on any atom is 0.306 e. The van der Waals surface area contributed by atoms with Crippen molar-refractivity contribution in [2.24, 2.45) is 23.7 Å². The van der Waals surface area contributed by atoms with Crippen molar-refractivity contribution in [3.63, 3.8) is 0 Å². The highest BCUT2D eigenvalue weighted by Crippen LogP contribution is 2.58. The third-order valence-electron chi connectivity index (χ3n) is 12.3. The van der Waals surface area contributed by atoms with Gasteiger partial charge < -0.3 is 24.1 Å². The van der Waals surface area contributed by atoms with Crippen LogP contribution >= 0.6 is 0 Å². The number of carbonyl (C=O) groups is 3. The van der Waals surface area contributed by atoms with Gasteiger partial charge in [0.1, 0.15) is 29.0 Å². The molecule has 0 amide bonds. The highest BCUT2D eigenvalue weighted by Gasteiger charge is 2.65. The lowest BCUT2D eigenvalue weighted by Crippen LogP contribution is -2.58. The van der Waals surface area contributed by atoms with Gasteiger partial charge in [-0.2, -0.15) is 0 Å². The molecule has 2 saturated heterocycles. The molecular formula is C42H74O8. The summed E-state index contributed by atoms with van der Waals surface area (Å²) in [6, 6.07) is 0. The molecule has 1 aliphatic carbocycles. The highest BCUT2D eigenvalue weighted by atomic mass is 16.6. The summed E-state index contributed by atoms with van der Waals surface area (Å²) in [5.74, 6) is -0.693. The summed E-state index contributed by atoms with van der Waals surface area (Å²) in [5, 5.41) is 12.0. The van der Waals surface area contributed by atoms with E-state index in [1.807, 2.05) is 13.8 Å². The highest BCUT2D eigenvalue weighted by molar-refractivity contribution is 5.69. The van der Waals surface area contributed by atoms with Gasteiger partial charge in [-0.3, -0.25) is 14.4 Å². The van der Waals surface area contributed by atoms with E-state index in [9.17, 15) is 19.5 Å². The van der Waals surface area contributed by atoms with Gasteiger partial charge in [-0.1, -0.05) is 111 Å². The zero-order valence-electron chi connectivity index (χ0n) is 33.2. The van der Waals surface area contributed by atoms with Gasteiger partial charge >= 0.3 is 17.9 Å². The van der Waals surface area contributed by atoms with Gasteiger partial charge in [-0.15, -0.1) is 0 Å². The molecule has 0 aromatic carbocycles. The summed E-state index contributed by atoms with van der Waals surface area (Å²) >= 11 is 0. The average molecular weight is 707 g/mol. The lowest BCUT2D eigenvalue weighted by molar-refractivity contribution is -0.185. The Morgan fingerprint density at radius 3 is 1.72 bits per heavy atom. The zero-order valence-corrected chi connectivity index (χ0v) is 33.2. The molecule has 3 rings (SSSR count). The van der Waals surface area contributed by atoms with Gasteiger partial charge in [0.05, 0.1) is 6.10 Å². The minimum absolute atomic E-state index is 0.0394. The van der Waals surface area contributed by atoms with E-state index in [-0.39, 0.29) is 36.1 Å². The number of aliphatic hydroxyl groups is 1. The third kappa shape index (κ3) is 12.2. The van der Waals surface area contributed by atoms with E-state index in [0.717, 1.165) is 25.7 Å². The minimum Gasteiger partial charge on any atom is -0.459 e. The Morgan fingerprint density at radius 2 is 1.22 bits per heavy atom. The molecule has 0 spiro atoms. The molecule has 0 aromatic rings. The van der Waals surface area contributed by atoms with Gasteiger partial charge in [0, 0.05) is 38.5 Å². The maximum atomic E-state index is 13.2. The Kier molecular flexibility index (Phi) is 17.1. The van der Waals surface area contributed by atoms with E-state index < -0.39 is 41.1 Å². The fourth-order valence-electron chi connectivity index (χ4n) is 9.75. The Hall–Kier alpha value is -1.67. The molecule has 2 aliphatic heterocycles. The predicted molar refractivity (Wildman–Crippen MR) is 197 cm³/mol. The number of hydrogen-bond donors (Lipinski definition) is 1. The molecule has 8 nitrogen and oxygen atoms in total. The molecule has 8 heteroatoms. The molecule has 0 radical (unpaired) electrons. The van der Waals surface area contributed by atoms with Crippen LogP contribution in [0, 0.1) is 23.7 Å². The number of ether oxygens (including phenoxy) is 4. The minimum atomic E-state index is -1.39. The molecule has 1 saturated carbocycles. The molecule has 50 heavy (non-hydrogen) atoms. The molecule has 1 N–H and O–H groups in total. The van der Waals surface area contributed by atoms with Gasteiger partial charge in [0.15, 0.2) is 0 Å². The van der Waals surface area contributed by atoms with Gasteiger partial charge in [0.2, 0.25) is 0 Å². The average Bonchev–Trinajstić information content (AvgIpc) is 3.41. The van der Waals surface area contributed by atoms with Crippen LogP contribution in [-0.2, 0) is 33.3 Å². The van der Waals surface area contributed by atoms with Gasteiger partial charge in [-0.05, 0) is 64.7 Å². The van der Waals surface area contributed by atoms with Crippen molar-refractivity contribution >= 4 is 17.9 Å². The quantitative estimate of drug-likeness (QED) is 0.0757. The van der Waals surface area contributed by atoms with E-state index in [4.69, 9.17) is 18.9 Å². The second kappa shape index (κ2) is 20.0. The standard InChI is InChI=1S/C42H74O8/c1-9-10-11-12-13-14-15-16-17-18-19-20-21-22-23-24-36(45)48-35-26-28-42(8,50-32(5)44)39-37-33(30(2)3)25-27-41(7,49-31(4)43)38(37)34(47-39)29-40(35,6)46/h30,33-35,37-39,46H,9-29H2,1-8H3/t33-,34+,35+,37-,38-,39+,40+,41-,42-/m0/s1. The Labute approximate surface area is 304 Å². The fourth-order valence-corrected chi connectivity index (χ4v) is 9.75. The lowest BCUT2D eigenvalue weighted by Gasteiger charge is -2.51. The van der Waals surface area contributed by atoms with Crippen molar-refractivity contribution in [2.45, 2.75) is 225 Å². The van der Waals surface area contributed by atoms with Crippen LogP contribution in [0.2, 0.25) is 0 Å². The number of unbranched alkanes of at least 4 members (excludes halogenated alkanes) is 14. The van der Waals surface area contributed by atoms with Crippen molar-refractivity contribution in [2.75, 3.05) is 0 Å². The molecule has 290 valence electrons. The van der Waals surface area contributed by atoms with Crippen LogP contribution in [0.1, 0.15) is 190 Å². The van der Waals surface area contributed by atoms with Crippen LogP contribution in [0.25, 0.3) is 0 Å².